The van der Waals surface area contributed by atoms with Crippen molar-refractivity contribution in [3.05, 3.63) is 77.6 Å². The second kappa shape index (κ2) is 8.42. The zero-order valence-corrected chi connectivity index (χ0v) is 15.0. The predicted octanol–water partition coefficient (Wildman–Crippen LogP) is 6.64. The number of rotatable bonds is 6. The second-order valence-corrected chi connectivity index (χ2v) is 6.19. The van der Waals surface area contributed by atoms with Crippen molar-refractivity contribution >= 4 is 0 Å². The first-order valence-electron chi connectivity index (χ1n) is 8.69. The van der Waals surface area contributed by atoms with Crippen LogP contribution < -0.4 is 4.74 Å². The number of hydrogen-bond acceptors (Lipinski definition) is 1. The standard InChI is InChI=1S/C22H17F5O/c1-2-13-3-5-14(6-4-13)15-7-8-16(18(23)11-15)17-9-10-19(22(27)21(17)26)28-12-20(24)25/h3-11,20H,2,12H2,1H3. The minimum absolute atomic E-state index is 0.134. The molecule has 0 aliphatic heterocycles. The van der Waals surface area contributed by atoms with E-state index in [2.05, 4.69) is 4.74 Å². The Morgan fingerprint density at radius 3 is 2.04 bits per heavy atom. The molecular formula is C22H17F5O. The van der Waals surface area contributed by atoms with Gasteiger partial charge in [-0.05, 0) is 41.3 Å². The molecule has 6 heteroatoms. The average Bonchev–Trinajstić information content (AvgIpc) is 2.69. The third-order valence-electron chi connectivity index (χ3n) is 4.37. The quantitative estimate of drug-likeness (QED) is 0.427. The summed E-state index contributed by atoms with van der Waals surface area (Å²) in [6.07, 6.45) is -1.94. The number of alkyl halides is 2. The van der Waals surface area contributed by atoms with Crippen molar-refractivity contribution in [3.63, 3.8) is 0 Å². The average molecular weight is 392 g/mol. The van der Waals surface area contributed by atoms with Gasteiger partial charge < -0.3 is 4.74 Å². The lowest BCUT2D eigenvalue weighted by Crippen LogP contribution is -2.09. The Morgan fingerprint density at radius 1 is 0.786 bits per heavy atom. The zero-order valence-electron chi connectivity index (χ0n) is 15.0. The minimum atomic E-state index is -2.82. The molecule has 0 aliphatic carbocycles. The lowest BCUT2D eigenvalue weighted by Gasteiger charge is -2.12. The Balaban J connectivity index is 1.92. The third kappa shape index (κ3) is 4.16. The Labute approximate surface area is 159 Å². The van der Waals surface area contributed by atoms with Crippen molar-refractivity contribution < 1.29 is 26.7 Å². The molecule has 0 bridgehead atoms. The Kier molecular flexibility index (Phi) is 5.97. The van der Waals surface area contributed by atoms with Crippen LogP contribution in [0.2, 0.25) is 0 Å². The molecule has 28 heavy (non-hydrogen) atoms. The van der Waals surface area contributed by atoms with E-state index in [-0.39, 0.29) is 11.1 Å². The maximum absolute atomic E-state index is 14.6. The first kappa shape index (κ1) is 19.9. The smallest absolute Gasteiger partial charge is 0.272 e. The number of hydrogen-bond donors (Lipinski definition) is 0. The molecular weight excluding hydrogens is 375 g/mol. The van der Waals surface area contributed by atoms with E-state index in [1.54, 1.807) is 6.07 Å². The molecule has 0 atom stereocenters. The van der Waals surface area contributed by atoms with E-state index in [1.807, 2.05) is 31.2 Å². The van der Waals surface area contributed by atoms with Crippen LogP contribution in [-0.2, 0) is 6.42 Å². The second-order valence-electron chi connectivity index (χ2n) is 6.19. The molecule has 0 spiro atoms. The highest BCUT2D eigenvalue weighted by Crippen LogP contribution is 2.33. The normalized spacial score (nSPS) is 11.1. The molecule has 0 aromatic heterocycles. The molecule has 1 nitrogen and oxygen atoms in total. The van der Waals surface area contributed by atoms with Gasteiger partial charge in [0.2, 0.25) is 5.82 Å². The Hall–Kier alpha value is -2.89. The van der Waals surface area contributed by atoms with Crippen LogP contribution in [0, 0.1) is 17.5 Å². The van der Waals surface area contributed by atoms with Gasteiger partial charge in [-0.2, -0.15) is 4.39 Å². The van der Waals surface area contributed by atoms with Crippen molar-refractivity contribution in [1.29, 1.82) is 0 Å². The van der Waals surface area contributed by atoms with Gasteiger partial charge in [0.25, 0.3) is 6.43 Å². The maximum atomic E-state index is 14.6. The van der Waals surface area contributed by atoms with Gasteiger partial charge >= 0.3 is 0 Å². The predicted molar refractivity (Wildman–Crippen MR) is 98.1 cm³/mol. The molecule has 0 unspecified atom stereocenters. The number of benzene rings is 3. The monoisotopic (exact) mass is 392 g/mol. The molecule has 3 rings (SSSR count). The minimum Gasteiger partial charge on any atom is -0.484 e. The summed E-state index contributed by atoms with van der Waals surface area (Å²) in [7, 11) is 0. The number of aryl methyl sites for hydroxylation is 1. The van der Waals surface area contributed by atoms with Gasteiger partial charge in [0.05, 0.1) is 0 Å². The molecule has 0 aliphatic rings. The summed E-state index contributed by atoms with van der Waals surface area (Å²) in [6.45, 7) is 0.969. The van der Waals surface area contributed by atoms with Gasteiger partial charge in [-0.1, -0.05) is 43.3 Å². The van der Waals surface area contributed by atoms with Crippen LogP contribution in [0.3, 0.4) is 0 Å². The molecule has 0 N–H and O–H groups in total. The highest BCUT2D eigenvalue weighted by atomic mass is 19.3. The van der Waals surface area contributed by atoms with Gasteiger partial charge in [0, 0.05) is 11.1 Å². The van der Waals surface area contributed by atoms with E-state index in [9.17, 15) is 22.0 Å². The topological polar surface area (TPSA) is 9.23 Å². The fourth-order valence-electron chi connectivity index (χ4n) is 2.85. The zero-order chi connectivity index (χ0) is 20.3. The Morgan fingerprint density at radius 2 is 1.43 bits per heavy atom. The fourth-order valence-corrected chi connectivity index (χ4v) is 2.85. The summed E-state index contributed by atoms with van der Waals surface area (Å²) in [6, 6.07) is 13.9. The van der Waals surface area contributed by atoms with Crippen LogP contribution in [0.15, 0.2) is 54.6 Å². The number of halogens is 5. The summed E-state index contributed by atoms with van der Waals surface area (Å²) in [5.74, 6) is -4.16. The molecule has 0 heterocycles. The summed E-state index contributed by atoms with van der Waals surface area (Å²) in [5.41, 5.74) is 2.09. The summed E-state index contributed by atoms with van der Waals surface area (Å²) in [5, 5.41) is 0. The van der Waals surface area contributed by atoms with E-state index in [0.717, 1.165) is 29.7 Å². The molecule has 0 saturated heterocycles. The molecule has 0 saturated carbocycles. The maximum Gasteiger partial charge on any atom is 0.272 e. The van der Waals surface area contributed by atoms with Crippen molar-refractivity contribution in [1.82, 2.24) is 0 Å². The van der Waals surface area contributed by atoms with Gasteiger partial charge in [-0.15, -0.1) is 0 Å². The molecule has 0 radical (unpaired) electrons. The first-order valence-corrected chi connectivity index (χ1v) is 8.69. The van der Waals surface area contributed by atoms with Crippen LogP contribution in [0.1, 0.15) is 12.5 Å². The van der Waals surface area contributed by atoms with Crippen molar-refractivity contribution in [2.45, 2.75) is 19.8 Å². The van der Waals surface area contributed by atoms with Crippen LogP contribution in [-0.4, -0.2) is 13.0 Å². The van der Waals surface area contributed by atoms with Crippen LogP contribution in [0.25, 0.3) is 22.3 Å². The molecule has 146 valence electrons. The Bertz CT molecular complexity index is 967. The third-order valence-corrected chi connectivity index (χ3v) is 4.37. The van der Waals surface area contributed by atoms with Gasteiger partial charge in [-0.25, -0.2) is 17.6 Å². The van der Waals surface area contributed by atoms with Gasteiger partial charge in [0.15, 0.2) is 11.6 Å². The fraction of sp³-hybridized carbons (Fsp3) is 0.182. The molecule has 3 aromatic rings. The highest BCUT2D eigenvalue weighted by Gasteiger charge is 2.19. The number of ether oxygens (including phenoxy) is 1. The lowest BCUT2D eigenvalue weighted by molar-refractivity contribution is 0.0795. The summed E-state index contributed by atoms with van der Waals surface area (Å²) in [4.78, 5) is 0. The van der Waals surface area contributed by atoms with Gasteiger partial charge in [0.1, 0.15) is 12.4 Å². The van der Waals surface area contributed by atoms with Crippen LogP contribution >= 0.6 is 0 Å². The van der Waals surface area contributed by atoms with E-state index in [0.29, 0.717) is 5.56 Å². The van der Waals surface area contributed by atoms with E-state index in [4.69, 9.17) is 0 Å². The van der Waals surface area contributed by atoms with Crippen LogP contribution in [0.4, 0.5) is 22.0 Å². The summed E-state index contributed by atoms with van der Waals surface area (Å²) >= 11 is 0. The van der Waals surface area contributed by atoms with Gasteiger partial charge in [-0.3, -0.25) is 0 Å². The molecule has 0 fully saturated rings. The summed E-state index contributed by atoms with van der Waals surface area (Å²) < 4.78 is 71.9. The largest absolute Gasteiger partial charge is 0.484 e. The van der Waals surface area contributed by atoms with E-state index < -0.39 is 36.2 Å². The first-order chi connectivity index (χ1) is 13.4. The lowest BCUT2D eigenvalue weighted by atomic mass is 9.98. The van der Waals surface area contributed by atoms with Crippen molar-refractivity contribution in [3.8, 4) is 28.0 Å². The highest BCUT2D eigenvalue weighted by molar-refractivity contribution is 5.72. The van der Waals surface area contributed by atoms with Crippen molar-refractivity contribution in [2.24, 2.45) is 0 Å². The molecule has 0 amide bonds. The van der Waals surface area contributed by atoms with E-state index >= 15 is 0 Å². The molecule has 3 aromatic carbocycles. The van der Waals surface area contributed by atoms with Crippen LogP contribution in [0.5, 0.6) is 5.75 Å². The SMILES string of the molecule is CCc1ccc(-c2ccc(-c3ccc(OCC(F)F)c(F)c3F)c(F)c2)cc1. The van der Waals surface area contributed by atoms with Crippen molar-refractivity contribution in [2.75, 3.05) is 6.61 Å². The van der Waals surface area contributed by atoms with E-state index in [1.165, 1.54) is 12.1 Å².